The van der Waals surface area contributed by atoms with E-state index in [4.69, 9.17) is 9.26 Å². The van der Waals surface area contributed by atoms with Crippen LogP contribution in [0.5, 0.6) is 5.75 Å². The van der Waals surface area contributed by atoms with Crippen LogP contribution in [0.2, 0.25) is 0 Å². The fourth-order valence-corrected chi connectivity index (χ4v) is 3.84. The van der Waals surface area contributed by atoms with Crippen LogP contribution in [0.1, 0.15) is 49.8 Å². The summed E-state index contributed by atoms with van der Waals surface area (Å²) in [7, 11) is 0. The predicted molar refractivity (Wildman–Crippen MR) is 138 cm³/mol. The van der Waals surface area contributed by atoms with Gasteiger partial charge in [0.05, 0.1) is 6.20 Å². The number of halogens is 1. The van der Waals surface area contributed by atoms with Crippen molar-refractivity contribution in [1.82, 2.24) is 15.0 Å². The summed E-state index contributed by atoms with van der Waals surface area (Å²) in [4.78, 5) is 31.4. The number of carbonyl (C=O) groups is 2. The zero-order valence-electron chi connectivity index (χ0n) is 21.1. The molecule has 10 nitrogen and oxygen atoms in total. The van der Waals surface area contributed by atoms with Crippen molar-refractivity contribution in [2.45, 2.75) is 45.4 Å². The Labute approximate surface area is 214 Å². The smallest absolute Gasteiger partial charge is 0.326 e. The van der Waals surface area contributed by atoms with Gasteiger partial charge in [-0.3, -0.25) is 10.1 Å². The Morgan fingerprint density at radius 2 is 1.76 bits per heavy atom. The van der Waals surface area contributed by atoms with E-state index in [0.29, 0.717) is 17.1 Å². The van der Waals surface area contributed by atoms with Gasteiger partial charge in [0.25, 0.3) is 5.91 Å². The highest BCUT2D eigenvalue weighted by molar-refractivity contribution is 6.03. The van der Waals surface area contributed by atoms with E-state index in [1.165, 1.54) is 19.9 Å². The predicted octanol–water partition coefficient (Wildman–Crippen LogP) is 5.03. The Morgan fingerprint density at radius 3 is 2.32 bits per heavy atom. The molecule has 0 spiro atoms. The maximum Gasteiger partial charge on any atom is 0.326 e. The van der Waals surface area contributed by atoms with Crippen LogP contribution >= 0.6 is 0 Å². The second kappa shape index (κ2) is 11.4. The number of nitrogens with one attached hydrogen (secondary N) is 3. The normalized spacial score (nSPS) is 14.7. The van der Waals surface area contributed by atoms with Crippen molar-refractivity contribution in [3.8, 4) is 5.75 Å². The van der Waals surface area contributed by atoms with Gasteiger partial charge in [-0.2, -0.15) is 0 Å². The van der Waals surface area contributed by atoms with Crippen LogP contribution in [0, 0.1) is 0 Å². The Morgan fingerprint density at radius 1 is 1.08 bits per heavy atom. The first-order valence-corrected chi connectivity index (χ1v) is 12.2. The van der Waals surface area contributed by atoms with Crippen LogP contribution in [0.4, 0.5) is 26.4 Å². The van der Waals surface area contributed by atoms with Crippen LogP contribution in [0.15, 0.2) is 53.2 Å². The molecule has 37 heavy (non-hydrogen) atoms. The number of anilines is 3. The first-order chi connectivity index (χ1) is 17.7. The first-order valence-electron chi connectivity index (χ1n) is 12.2. The molecule has 1 saturated heterocycles. The van der Waals surface area contributed by atoms with Gasteiger partial charge in [0.2, 0.25) is 5.88 Å². The summed E-state index contributed by atoms with van der Waals surface area (Å²) in [6.45, 7) is 7.94. The molecule has 1 aliphatic heterocycles. The number of rotatable bonds is 8. The van der Waals surface area contributed by atoms with E-state index >= 15 is 0 Å². The molecule has 0 aliphatic carbocycles. The van der Waals surface area contributed by atoms with Gasteiger partial charge in [0.1, 0.15) is 23.2 Å². The fourth-order valence-electron chi connectivity index (χ4n) is 3.84. The third-order valence-corrected chi connectivity index (χ3v) is 6.01. The van der Waals surface area contributed by atoms with Gasteiger partial charge in [-0.1, -0.05) is 12.1 Å². The van der Waals surface area contributed by atoms with E-state index in [0.717, 1.165) is 32.5 Å². The molecule has 4 rings (SSSR count). The van der Waals surface area contributed by atoms with E-state index in [2.05, 4.69) is 37.9 Å². The molecule has 0 radical (unpaired) electrons. The van der Waals surface area contributed by atoms with E-state index < -0.39 is 11.7 Å². The average Bonchev–Trinajstić information content (AvgIpc) is 3.35. The van der Waals surface area contributed by atoms with Gasteiger partial charge in [-0.05, 0) is 69.6 Å². The molecule has 0 bridgehead atoms. The van der Waals surface area contributed by atoms with Crippen molar-refractivity contribution in [2.24, 2.45) is 0 Å². The van der Waals surface area contributed by atoms with E-state index in [1.807, 2.05) is 0 Å². The van der Waals surface area contributed by atoms with Gasteiger partial charge in [0, 0.05) is 30.5 Å². The SMILES string of the molecule is CCN1CCC(Oc2ccc(C(=O)Nc3ccc(NC(=O)Nc4cc(C(C)(C)F)no4)cc3)nc2)CC1. The van der Waals surface area contributed by atoms with Gasteiger partial charge in [0.15, 0.2) is 5.67 Å². The Balaban J connectivity index is 1.25. The average molecular weight is 511 g/mol. The number of carbonyl (C=O) groups excluding carboxylic acids is 2. The van der Waals surface area contributed by atoms with Gasteiger partial charge in [-0.15, -0.1) is 0 Å². The number of benzene rings is 1. The number of nitrogens with zero attached hydrogens (tertiary/aromatic N) is 3. The second-order valence-electron chi connectivity index (χ2n) is 9.29. The van der Waals surface area contributed by atoms with Gasteiger partial charge in [-0.25, -0.2) is 14.2 Å². The molecule has 3 aromatic rings. The maximum absolute atomic E-state index is 13.9. The zero-order valence-corrected chi connectivity index (χ0v) is 21.1. The number of ether oxygens (including phenoxy) is 1. The summed E-state index contributed by atoms with van der Waals surface area (Å²) >= 11 is 0. The molecular weight excluding hydrogens is 479 g/mol. The molecule has 1 aliphatic rings. The van der Waals surface area contributed by atoms with E-state index in [-0.39, 0.29) is 29.3 Å². The highest BCUT2D eigenvalue weighted by Gasteiger charge is 2.24. The number of hydrogen-bond donors (Lipinski definition) is 3. The van der Waals surface area contributed by atoms with E-state index in [1.54, 1.807) is 42.6 Å². The number of alkyl halides is 1. The van der Waals surface area contributed by atoms with Crippen molar-refractivity contribution in [1.29, 1.82) is 0 Å². The lowest BCUT2D eigenvalue weighted by atomic mass is 10.1. The van der Waals surface area contributed by atoms with Gasteiger partial charge < -0.3 is 24.8 Å². The van der Waals surface area contributed by atoms with Crippen molar-refractivity contribution in [3.63, 3.8) is 0 Å². The lowest BCUT2D eigenvalue weighted by Gasteiger charge is -2.31. The summed E-state index contributed by atoms with van der Waals surface area (Å²) in [5.74, 6) is 0.307. The molecule has 196 valence electrons. The summed E-state index contributed by atoms with van der Waals surface area (Å²) < 4.78 is 24.8. The summed E-state index contributed by atoms with van der Waals surface area (Å²) in [6.07, 6.45) is 3.68. The van der Waals surface area contributed by atoms with Crippen molar-refractivity contribution in [3.05, 3.63) is 60.0 Å². The monoisotopic (exact) mass is 510 g/mol. The molecule has 3 heterocycles. The molecule has 1 fully saturated rings. The molecule has 3 N–H and O–H groups in total. The van der Waals surface area contributed by atoms with E-state index in [9.17, 15) is 14.0 Å². The fraction of sp³-hybridized carbons (Fsp3) is 0.385. The first kappa shape index (κ1) is 26.1. The molecule has 2 aromatic heterocycles. The molecular formula is C26H31FN6O4. The maximum atomic E-state index is 13.9. The highest BCUT2D eigenvalue weighted by atomic mass is 19.1. The van der Waals surface area contributed by atoms with Crippen LogP contribution in [-0.2, 0) is 5.67 Å². The quantitative estimate of drug-likeness (QED) is 0.388. The molecule has 0 unspecified atom stereocenters. The molecule has 0 saturated carbocycles. The number of amides is 3. The van der Waals surface area contributed by atoms with Crippen LogP contribution < -0.4 is 20.7 Å². The molecule has 3 amide bonds. The van der Waals surface area contributed by atoms with Crippen LogP contribution in [0.3, 0.4) is 0 Å². The van der Waals surface area contributed by atoms with Crippen molar-refractivity contribution >= 4 is 29.2 Å². The summed E-state index contributed by atoms with van der Waals surface area (Å²) in [5, 5.41) is 11.4. The number of aromatic nitrogens is 2. The Bertz CT molecular complexity index is 1200. The largest absolute Gasteiger partial charge is 0.489 e. The van der Waals surface area contributed by atoms with Crippen LogP contribution in [0.25, 0.3) is 0 Å². The highest BCUT2D eigenvalue weighted by Crippen LogP contribution is 2.26. The summed E-state index contributed by atoms with van der Waals surface area (Å²) in [5.41, 5.74) is -0.335. The van der Waals surface area contributed by atoms with Gasteiger partial charge >= 0.3 is 6.03 Å². The second-order valence-corrected chi connectivity index (χ2v) is 9.29. The number of hydrogen-bond acceptors (Lipinski definition) is 7. The van der Waals surface area contributed by atoms with Crippen molar-refractivity contribution < 1.29 is 23.2 Å². The minimum absolute atomic E-state index is 0.0212. The third-order valence-electron chi connectivity index (χ3n) is 6.01. The summed E-state index contributed by atoms with van der Waals surface area (Å²) in [6, 6.07) is 10.7. The minimum Gasteiger partial charge on any atom is -0.489 e. The number of pyridine rings is 1. The number of urea groups is 1. The minimum atomic E-state index is -1.68. The Hall–Kier alpha value is -3.99. The topological polar surface area (TPSA) is 122 Å². The Kier molecular flexibility index (Phi) is 8.02. The van der Waals surface area contributed by atoms with Crippen LogP contribution in [-0.4, -0.2) is 52.7 Å². The molecule has 0 atom stereocenters. The number of likely N-dealkylation sites (tertiary alicyclic amines) is 1. The molecule has 1 aromatic carbocycles. The zero-order chi connectivity index (χ0) is 26.4. The lowest BCUT2D eigenvalue weighted by molar-refractivity contribution is 0.101. The standard InChI is InChI=1S/C26H31FN6O4/c1-4-33-13-11-19(12-14-33)36-20-9-10-21(28-16-20)24(34)29-17-5-7-18(8-6-17)30-25(35)31-23-15-22(32-37-23)26(2,3)27/h5-10,15-16,19H,4,11-14H2,1-3H3,(H,29,34)(H2,30,31,35). The molecule has 11 heteroatoms. The number of piperidine rings is 1. The van der Waals surface area contributed by atoms with Crippen molar-refractivity contribution in [2.75, 3.05) is 35.6 Å². The third kappa shape index (κ3) is 7.26. The lowest BCUT2D eigenvalue weighted by Crippen LogP contribution is -2.38.